The summed E-state index contributed by atoms with van der Waals surface area (Å²) in [4.78, 5) is 16.6. The van der Waals surface area contributed by atoms with Crippen molar-refractivity contribution in [2.24, 2.45) is 0 Å². The van der Waals surface area contributed by atoms with Gasteiger partial charge in [0.25, 0.3) is 0 Å². The van der Waals surface area contributed by atoms with Gasteiger partial charge in [-0.3, -0.25) is 4.79 Å². The van der Waals surface area contributed by atoms with Gasteiger partial charge in [-0.2, -0.15) is 0 Å². The minimum Gasteiger partial charge on any atom is -0.494 e. The summed E-state index contributed by atoms with van der Waals surface area (Å²) in [5, 5.41) is 12.8. The Hall–Kier alpha value is -3.04. The SMILES string of the molecule is CCOc1ccc(-c2nnc(NC(=O)Cc3ccc4nc(N)sc4c3)s2)cc1. The highest BCUT2D eigenvalue weighted by atomic mass is 32.1. The van der Waals surface area contributed by atoms with Crippen LogP contribution in [0.2, 0.25) is 0 Å². The maximum absolute atomic E-state index is 12.4. The van der Waals surface area contributed by atoms with Crippen molar-refractivity contribution in [2.45, 2.75) is 13.3 Å². The van der Waals surface area contributed by atoms with E-state index in [1.165, 1.54) is 22.7 Å². The van der Waals surface area contributed by atoms with Crippen LogP contribution < -0.4 is 15.8 Å². The number of benzene rings is 2. The van der Waals surface area contributed by atoms with Crippen LogP contribution in [0.25, 0.3) is 20.8 Å². The van der Waals surface area contributed by atoms with Gasteiger partial charge in [-0.05, 0) is 48.9 Å². The van der Waals surface area contributed by atoms with Crippen LogP contribution in [0.1, 0.15) is 12.5 Å². The third kappa shape index (κ3) is 4.10. The number of aromatic nitrogens is 3. The number of nitrogens with one attached hydrogen (secondary N) is 1. The summed E-state index contributed by atoms with van der Waals surface area (Å²) in [5.41, 5.74) is 8.39. The summed E-state index contributed by atoms with van der Waals surface area (Å²) in [7, 11) is 0. The van der Waals surface area contributed by atoms with E-state index in [0.717, 1.165) is 32.1 Å². The fraction of sp³-hybridized carbons (Fsp3) is 0.158. The summed E-state index contributed by atoms with van der Waals surface area (Å²) < 4.78 is 6.41. The lowest BCUT2D eigenvalue weighted by atomic mass is 10.1. The molecule has 3 N–H and O–H groups in total. The second-order valence-corrected chi connectivity index (χ2v) is 7.99. The van der Waals surface area contributed by atoms with Crippen molar-refractivity contribution in [3.05, 3.63) is 48.0 Å². The number of hydrogen-bond acceptors (Lipinski definition) is 8. The number of ether oxygens (including phenoxy) is 1. The fourth-order valence-electron chi connectivity index (χ4n) is 2.70. The number of carbonyl (C=O) groups is 1. The molecule has 2 heterocycles. The van der Waals surface area contributed by atoms with E-state index >= 15 is 0 Å². The topological polar surface area (TPSA) is 103 Å². The zero-order chi connectivity index (χ0) is 19.5. The largest absolute Gasteiger partial charge is 0.494 e. The van der Waals surface area contributed by atoms with Crippen LogP contribution in [0.5, 0.6) is 5.75 Å². The molecule has 0 unspecified atom stereocenters. The maximum Gasteiger partial charge on any atom is 0.230 e. The highest BCUT2D eigenvalue weighted by Gasteiger charge is 2.11. The Morgan fingerprint density at radius 1 is 1.14 bits per heavy atom. The Kier molecular flexibility index (Phi) is 5.18. The second kappa shape index (κ2) is 7.91. The van der Waals surface area contributed by atoms with Gasteiger partial charge in [0.2, 0.25) is 11.0 Å². The first-order chi connectivity index (χ1) is 13.6. The summed E-state index contributed by atoms with van der Waals surface area (Å²) >= 11 is 2.74. The van der Waals surface area contributed by atoms with Crippen molar-refractivity contribution in [2.75, 3.05) is 17.7 Å². The molecule has 0 aliphatic heterocycles. The summed E-state index contributed by atoms with van der Waals surface area (Å²) in [6.45, 7) is 2.57. The molecule has 0 saturated heterocycles. The van der Waals surface area contributed by atoms with Crippen LogP contribution in [0.3, 0.4) is 0 Å². The molecule has 0 saturated carbocycles. The van der Waals surface area contributed by atoms with Gasteiger partial charge in [-0.15, -0.1) is 10.2 Å². The standard InChI is InChI=1S/C19H17N5O2S2/c1-2-26-13-6-4-12(5-7-13)17-23-24-19(28-17)22-16(25)10-11-3-8-14-15(9-11)27-18(20)21-14/h3-9H,2,10H2,1H3,(H2,20,21)(H,22,24,25). The minimum atomic E-state index is -0.147. The summed E-state index contributed by atoms with van der Waals surface area (Å²) in [5.74, 6) is 0.662. The van der Waals surface area contributed by atoms with Crippen molar-refractivity contribution in [3.63, 3.8) is 0 Å². The van der Waals surface area contributed by atoms with Gasteiger partial charge in [-0.25, -0.2) is 4.98 Å². The number of amides is 1. The first-order valence-corrected chi connectivity index (χ1v) is 10.3. The Balaban J connectivity index is 1.41. The molecule has 0 aliphatic rings. The Bertz CT molecular complexity index is 1120. The smallest absolute Gasteiger partial charge is 0.230 e. The number of hydrogen-bond donors (Lipinski definition) is 2. The summed E-state index contributed by atoms with van der Waals surface area (Å²) in [6, 6.07) is 13.3. The predicted molar refractivity (Wildman–Crippen MR) is 113 cm³/mol. The Morgan fingerprint density at radius 2 is 1.96 bits per heavy atom. The molecule has 9 heteroatoms. The first kappa shape index (κ1) is 18.3. The van der Waals surface area contributed by atoms with E-state index in [0.29, 0.717) is 16.9 Å². The number of nitrogen functional groups attached to an aromatic ring is 1. The molecule has 2 aromatic carbocycles. The third-order valence-electron chi connectivity index (χ3n) is 3.92. The molecule has 7 nitrogen and oxygen atoms in total. The molecule has 0 bridgehead atoms. The Labute approximate surface area is 169 Å². The van der Waals surface area contributed by atoms with Gasteiger partial charge in [0.05, 0.1) is 23.2 Å². The molecular weight excluding hydrogens is 394 g/mol. The molecule has 0 aliphatic carbocycles. The number of carbonyl (C=O) groups excluding carboxylic acids is 1. The first-order valence-electron chi connectivity index (χ1n) is 8.62. The summed E-state index contributed by atoms with van der Waals surface area (Å²) in [6.07, 6.45) is 0.242. The Morgan fingerprint density at radius 3 is 2.75 bits per heavy atom. The lowest BCUT2D eigenvalue weighted by Gasteiger charge is -2.02. The van der Waals surface area contributed by atoms with Crippen LogP contribution in [0, 0.1) is 0 Å². The lowest BCUT2D eigenvalue weighted by molar-refractivity contribution is -0.115. The molecule has 0 radical (unpaired) electrons. The lowest BCUT2D eigenvalue weighted by Crippen LogP contribution is -2.14. The molecule has 142 valence electrons. The quantitative estimate of drug-likeness (QED) is 0.497. The van der Waals surface area contributed by atoms with E-state index in [2.05, 4.69) is 20.5 Å². The van der Waals surface area contributed by atoms with Crippen LogP contribution in [-0.2, 0) is 11.2 Å². The van der Waals surface area contributed by atoms with Crippen LogP contribution >= 0.6 is 22.7 Å². The zero-order valence-corrected chi connectivity index (χ0v) is 16.6. The van der Waals surface area contributed by atoms with Crippen molar-refractivity contribution >= 4 is 49.1 Å². The van der Waals surface area contributed by atoms with Crippen molar-refractivity contribution in [1.29, 1.82) is 0 Å². The zero-order valence-electron chi connectivity index (χ0n) is 15.0. The van der Waals surface area contributed by atoms with E-state index in [9.17, 15) is 4.79 Å². The van der Waals surface area contributed by atoms with Crippen LogP contribution in [-0.4, -0.2) is 27.7 Å². The number of anilines is 2. The van der Waals surface area contributed by atoms with Crippen molar-refractivity contribution in [1.82, 2.24) is 15.2 Å². The minimum absolute atomic E-state index is 0.147. The number of nitrogens with zero attached hydrogens (tertiary/aromatic N) is 3. The molecule has 0 fully saturated rings. The highest BCUT2D eigenvalue weighted by molar-refractivity contribution is 7.22. The number of nitrogens with two attached hydrogens (primary N) is 1. The van der Waals surface area contributed by atoms with E-state index < -0.39 is 0 Å². The average molecular weight is 412 g/mol. The van der Waals surface area contributed by atoms with E-state index in [1.807, 2.05) is 49.4 Å². The fourth-order valence-corrected chi connectivity index (χ4v) is 4.26. The van der Waals surface area contributed by atoms with E-state index in [4.69, 9.17) is 10.5 Å². The van der Waals surface area contributed by atoms with Gasteiger partial charge in [0.1, 0.15) is 10.8 Å². The highest BCUT2D eigenvalue weighted by Crippen LogP contribution is 2.28. The number of rotatable bonds is 6. The van der Waals surface area contributed by atoms with Gasteiger partial charge in [-0.1, -0.05) is 28.7 Å². The monoisotopic (exact) mass is 411 g/mol. The molecule has 4 rings (SSSR count). The number of fused-ring (bicyclic) bond motifs is 1. The van der Waals surface area contributed by atoms with Gasteiger partial charge < -0.3 is 15.8 Å². The van der Waals surface area contributed by atoms with E-state index in [1.54, 1.807) is 0 Å². The molecule has 0 spiro atoms. The van der Waals surface area contributed by atoms with Crippen LogP contribution in [0.4, 0.5) is 10.3 Å². The molecule has 2 aromatic heterocycles. The molecular formula is C19H17N5O2S2. The van der Waals surface area contributed by atoms with Crippen molar-refractivity contribution in [3.8, 4) is 16.3 Å². The second-order valence-electron chi connectivity index (χ2n) is 5.95. The van der Waals surface area contributed by atoms with Gasteiger partial charge >= 0.3 is 0 Å². The van der Waals surface area contributed by atoms with Gasteiger partial charge in [0, 0.05) is 5.56 Å². The van der Waals surface area contributed by atoms with Gasteiger partial charge in [0.15, 0.2) is 5.13 Å². The third-order valence-corrected chi connectivity index (χ3v) is 5.65. The molecule has 1 amide bonds. The van der Waals surface area contributed by atoms with Crippen molar-refractivity contribution < 1.29 is 9.53 Å². The molecule has 0 atom stereocenters. The number of thiazole rings is 1. The average Bonchev–Trinajstić information content (AvgIpc) is 3.28. The normalized spacial score (nSPS) is 10.9. The molecule has 28 heavy (non-hydrogen) atoms. The van der Waals surface area contributed by atoms with Crippen LogP contribution in [0.15, 0.2) is 42.5 Å². The van der Waals surface area contributed by atoms with E-state index in [-0.39, 0.29) is 12.3 Å². The predicted octanol–water partition coefficient (Wildman–Crippen LogP) is 3.98. The molecule has 4 aromatic rings. The maximum atomic E-state index is 12.4.